The van der Waals surface area contributed by atoms with Gasteiger partial charge in [0.05, 0.1) is 10.6 Å². The van der Waals surface area contributed by atoms with Crippen LogP contribution in [0.25, 0.3) is 0 Å². The first-order valence-corrected chi connectivity index (χ1v) is 8.18. The Hall–Kier alpha value is -1.26. The van der Waals surface area contributed by atoms with E-state index in [-0.39, 0.29) is 23.8 Å². The number of halogens is 2. The van der Waals surface area contributed by atoms with Gasteiger partial charge in [-0.2, -0.15) is 0 Å². The van der Waals surface area contributed by atoms with Crippen molar-refractivity contribution in [2.75, 3.05) is 13.1 Å². The van der Waals surface area contributed by atoms with Gasteiger partial charge in [0.2, 0.25) is 5.91 Å². The van der Waals surface area contributed by atoms with Crippen LogP contribution in [-0.4, -0.2) is 35.8 Å². The van der Waals surface area contributed by atoms with Gasteiger partial charge in [-0.1, -0.05) is 37.0 Å². The fraction of sp³-hybridized carbons (Fsp3) is 0.500. The summed E-state index contributed by atoms with van der Waals surface area (Å²) in [5, 5.41) is 3.90. The number of amides is 2. The molecule has 1 aromatic carbocycles. The van der Waals surface area contributed by atoms with Crippen molar-refractivity contribution < 1.29 is 9.59 Å². The molecule has 1 aliphatic heterocycles. The molecule has 1 aliphatic rings. The van der Waals surface area contributed by atoms with Gasteiger partial charge in [0.15, 0.2) is 0 Å². The molecular formula is C16H20Cl2N2O2. The third-order valence-electron chi connectivity index (χ3n) is 3.81. The predicted molar refractivity (Wildman–Crippen MR) is 88.4 cm³/mol. The van der Waals surface area contributed by atoms with Crippen molar-refractivity contribution in [3.8, 4) is 0 Å². The van der Waals surface area contributed by atoms with E-state index in [0.29, 0.717) is 28.7 Å². The quantitative estimate of drug-likeness (QED) is 0.915. The Labute approximate surface area is 140 Å². The smallest absolute Gasteiger partial charge is 0.255 e. The summed E-state index contributed by atoms with van der Waals surface area (Å²) in [7, 11) is 0. The number of piperidine rings is 1. The molecule has 1 N–H and O–H groups in total. The maximum absolute atomic E-state index is 12.5. The average molecular weight is 343 g/mol. The van der Waals surface area contributed by atoms with Gasteiger partial charge in [-0.3, -0.25) is 9.59 Å². The Balaban J connectivity index is 1.94. The zero-order valence-corrected chi connectivity index (χ0v) is 14.2. The highest BCUT2D eigenvalue weighted by molar-refractivity contribution is 6.36. The summed E-state index contributed by atoms with van der Waals surface area (Å²) in [6.07, 6.45) is 1.52. The monoisotopic (exact) mass is 342 g/mol. The molecule has 1 fully saturated rings. The fourth-order valence-corrected chi connectivity index (χ4v) is 2.92. The highest BCUT2D eigenvalue weighted by Crippen LogP contribution is 2.23. The van der Waals surface area contributed by atoms with E-state index in [9.17, 15) is 9.59 Å². The summed E-state index contributed by atoms with van der Waals surface area (Å²) in [6.45, 7) is 4.97. The number of likely N-dealkylation sites (tertiary alicyclic amines) is 1. The van der Waals surface area contributed by atoms with Crippen LogP contribution in [0.5, 0.6) is 0 Å². The van der Waals surface area contributed by atoms with Crippen LogP contribution in [0.1, 0.15) is 37.0 Å². The van der Waals surface area contributed by atoms with Crippen molar-refractivity contribution in [3.63, 3.8) is 0 Å². The molecule has 0 bridgehead atoms. The maximum Gasteiger partial charge on any atom is 0.255 e. The van der Waals surface area contributed by atoms with E-state index in [1.807, 2.05) is 13.8 Å². The molecule has 2 rings (SSSR count). The van der Waals surface area contributed by atoms with Gasteiger partial charge in [-0.25, -0.2) is 0 Å². The Kier molecular flexibility index (Phi) is 5.70. The minimum Gasteiger partial charge on any atom is -0.353 e. The van der Waals surface area contributed by atoms with Crippen LogP contribution in [-0.2, 0) is 4.79 Å². The van der Waals surface area contributed by atoms with Gasteiger partial charge in [-0.05, 0) is 31.0 Å². The normalized spacial score (nSPS) is 16.0. The molecule has 1 saturated heterocycles. The number of carbonyl (C=O) groups excluding carboxylic acids is 2. The van der Waals surface area contributed by atoms with Gasteiger partial charge >= 0.3 is 0 Å². The third-order valence-corrected chi connectivity index (χ3v) is 4.36. The third kappa shape index (κ3) is 4.14. The predicted octanol–water partition coefficient (Wildman–Crippen LogP) is 3.37. The molecule has 0 spiro atoms. The zero-order valence-electron chi connectivity index (χ0n) is 12.7. The van der Waals surface area contributed by atoms with E-state index in [4.69, 9.17) is 23.2 Å². The van der Waals surface area contributed by atoms with Crippen LogP contribution in [0.2, 0.25) is 10.0 Å². The van der Waals surface area contributed by atoms with Crippen LogP contribution >= 0.6 is 23.2 Å². The number of hydrogen-bond acceptors (Lipinski definition) is 2. The number of rotatable bonds is 3. The molecule has 6 heteroatoms. The average Bonchev–Trinajstić information content (AvgIpc) is 2.47. The van der Waals surface area contributed by atoms with Crippen LogP contribution < -0.4 is 5.32 Å². The molecule has 0 radical (unpaired) electrons. The van der Waals surface area contributed by atoms with E-state index in [2.05, 4.69) is 5.32 Å². The molecule has 1 heterocycles. The summed E-state index contributed by atoms with van der Waals surface area (Å²) >= 11 is 11.9. The van der Waals surface area contributed by atoms with Crippen molar-refractivity contribution >= 4 is 35.0 Å². The van der Waals surface area contributed by atoms with Crippen LogP contribution in [0.3, 0.4) is 0 Å². The molecule has 22 heavy (non-hydrogen) atoms. The van der Waals surface area contributed by atoms with E-state index < -0.39 is 0 Å². The molecule has 1 aromatic rings. The first-order chi connectivity index (χ1) is 10.4. The highest BCUT2D eigenvalue weighted by atomic mass is 35.5. The maximum atomic E-state index is 12.5. The van der Waals surface area contributed by atoms with Gasteiger partial charge in [0.1, 0.15) is 0 Å². The number of carbonyl (C=O) groups is 2. The molecule has 120 valence electrons. The van der Waals surface area contributed by atoms with Gasteiger partial charge in [-0.15, -0.1) is 0 Å². The van der Waals surface area contributed by atoms with Gasteiger partial charge < -0.3 is 10.2 Å². The summed E-state index contributed by atoms with van der Waals surface area (Å²) in [6, 6.07) is 5.03. The van der Waals surface area contributed by atoms with Crippen LogP contribution in [0.15, 0.2) is 18.2 Å². The standard InChI is InChI=1S/C16H20Cl2N2O2/c1-10(2)15(21)19-12-5-7-20(8-6-12)16(22)13-4-3-11(17)9-14(13)18/h3-4,9-10,12H,5-8H2,1-2H3,(H,19,21). The van der Waals surface area contributed by atoms with Crippen molar-refractivity contribution in [2.24, 2.45) is 5.92 Å². The Bertz CT molecular complexity index is 567. The lowest BCUT2D eigenvalue weighted by Gasteiger charge is -2.33. The second-order valence-corrected chi connectivity index (χ2v) is 6.70. The Morgan fingerprint density at radius 1 is 1.23 bits per heavy atom. The van der Waals surface area contributed by atoms with Crippen LogP contribution in [0.4, 0.5) is 0 Å². The molecule has 0 aromatic heterocycles. The van der Waals surface area contributed by atoms with Crippen LogP contribution in [0, 0.1) is 5.92 Å². The summed E-state index contributed by atoms with van der Waals surface area (Å²) in [5.41, 5.74) is 0.468. The number of nitrogens with zero attached hydrogens (tertiary/aromatic N) is 1. The lowest BCUT2D eigenvalue weighted by atomic mass is 10.0. The minimum absolute atomic E-state index is 0.0208. The highest BCUT2D eigenvalue weighted by Gasteiger charge is 2.26. The van der Waals surface area contributed by atoms with Crippen molar-refractivity contribution in [1.29, 1.82) is 0 Å². The van der Waals surface area contributed by atoms with E-state index >= 15 is 0 Å². The molecule has 0 unspecified atom stereocenters. The minimum atomic E-state index is -0.0877. The Morgan fingerprint density at radius 2 is 1.86 bits per heavy atom. The van der Waals surface area contributed by atoms with E-state index in [1.165, 1.54) is 0 Å². The number of benzene rings is 1. The molecule has 2 amide bonds. The molecule has 4 nitrogen and oxygen atoms in total. The summed E-state index contributed by atoms with van der Waals surface area (Å²) in [5.74, 6) is -0.0478. The largest absolute Gasteiger partial charge is 0.353 e. The van der Waals surface area contributed by atoms with Gasteiger partial charge in [0.25, 0.3) is 5.91 Å². The zero-order chi connectivity index (χ0) is 16.3. The van der Waals surface area contributed by atoms with E-state index in [0.717, 1.165) is 12.8 Å². The molecular weight excluding hydrogens is 323 g/mol. The lowest BCUT2D eigenvalue weighted by molar-refractivity contribution is -0.124. The van der Waals surface area contributed by atoms with E-state index in [1.54, 1.807) is 23.1 Å². The Morgan fingerprint density at radius 3 is 2.41 bits per heavy atom. The lowest BCUT2D eigenvalue weighted by Crippen LogP contribution is -2.47. The molecule has 0 aliphatic carbocycles. The fourth-order valence-electron chi connectivity index (χ4n) is 2.43. The SMILES string of the molecule is CC(C)C(=O)NC1CCN(C(=O)c2ccc(Cl)cc2Cl)CC1. The molecule has 0 atom stereocenters. The number of hydrogen-bond donors (Lipinski definition) is 1. The second-order valence-electron chi connectivity index (χ2n) is 5.85. The molecule has 0 saturated carbocycles. The number of nitrogens with one attached hydrogen (secondary N) is 1. The topological polar surface area (TPSA) is 49.4 Å². The first kappa shape index (κ1) is 17.1. The summed E-state index contributed by atoms with van der Waals surface area (Å²) < 4.78 is 0. The van der Waals surface area contributed by atoms with Crippen molar-refractivity contribution in [3.05, 3.63) is 33.8 Å². The second kappa shape index (κ2) is 7.34. The first-order valence-electron chi connectivity index (χ1n) is 7.43. The van der Waals surface area contributed by atoms with Crippen molar-refractivity contribution in [1.82, 2.24) is 10.2 Å². The van der Waals surface area contributed by atoms with Gasteiger partial charge in [0, 0.05) is 30.1 Å². The van der Waals surface area contributed by atoms with Crippen molar-refractivity contribution in [2.45, 2.75) is 32.7 Å². The summed E-state index contributed by atoms with van der Waals surface area (Å²) in [4.78, 5) is 26.0.